The molecule has 1 aromatic heterocycles. The van der Waals surface area contributed by atoms with E-state index in [1.165, 1.54) is 0 Å². The summed E-state index contributed by atoms with van der Waals surface area (Å²) in [6, 6.07) is 9.99. The van der Waals surface area contributed by atoms with Gasteiger partial charge in [0.25, 0.3) is 11.8 Å². The van der Waals surface area contributed by atoms with Gasteiger partial charge in [-0.25, -0.2) is 4.98 Å². The van der Waals surface area contributed by atoms with Crippen LogP contribution in [0.1, 0.15) is 40.4 Å². The lowest BCUT2D eigenvalue weighted by Crippen LogP contribution is -2.28. The Bertz CT molecular complexity index is 760. The summed E-state index contributed by atoms with van der Waals surface area (Å²) in [4.78, 5) is 28.6. The van der Waals surface area contributed by atoms with Crippen LogP contribution in [0.5, 0.6) is 0 Å². The molecule has 0 aliphatic heterocycles. The predicted molar refractivity (Wildman–Crippen MR) is 95.6 cm³/mol. The predicted octanol–water partition coefficient (Wildman–Crippen LogP) is 3.68. The summed E-state index contributed by atoms with van der Waals surface area (Å²) in [6.07, 6.45) is 0. The maximum Gasteiger partial charge on any atom is 0.274 e. The molecule has 0 aliphatic carbocycles. The molecule has 2 amide bonds. The van der Waals surface area contributed by atoms with E-state index < -0.39 is 0 Å². The topological polar surface area (TPSA) is 71.1 Å². The number of benzene rings is 1. The van der Waals surface area contributed by atoms with Crippen molar-refractivity contribution in [3.05, 3.63) is 58.4 Å². The second-order valence-electron chi connectivity index (χ2n) is 5.93. The zero-order valence-corrected chi connectivity index (χ0v) is 14.6. The Morgan fingerprint density at radius 2 is 1.79 bits per heavy atom. The van der Waals surface area contributed by atoms with Gasteiger partial charge in [0.1, 0.15) is 11.4 Å². The van der Waals surface area contributed by atoms with Gasteiger partial charge in [0.15, 0.2) is 0 Å². The smallest absolute Gasteiger partial charge is 0.274 e. The molecule has 0 saturated heterocycles. The summed E-state index contributed by atoms with van der Waals surface area (Å²) in [5.74, 6) is -0.326. The zero-order chi connectivity index (χ0) is 17.7. The van der Waals surface area contributed by atoms with Gasteiger partial charge in [-0.15, -0.1) is 0 Å². The molecule has 24 heavy (non-hydrogen) atoms. The van der Waals surface area contributed by atoms with Crippen molar-refractivity contribution in [1.82, 2.24) is 10.3 Å². The summed E-state index contributed by atoms with van der Waals surface area (Å²) in [5, 5.41) is 6.16. The van der Waals surface area contributed by atoms with Gasteiger partial charge in [0, 0.05) is 17.3 Å². The third-order valence-electron chi connectivity index (χ3n) is 3.32. The molecule has 0 unspecified atom stereocenters. The summed E-state index contributed by atoms with van der Waals surface area (Å²) in [7, 11) is 0. The van der Waals surface area contributed by atoms with Crippen LogP contribution in [0.2, 0.25) is 5.02 Å². The van der Waals surface area contributed by atoms with Crippen LogP contribution in [0.4, 0.5) is 5.69 Å². The molecular weight excluding hydrogens is 326 g/mol. The molecule has 0 spiro atoms. The van der Waals surface area contributed by atoms with E-state index in [1.807, 2.05) is 20.8 Å². The van der Waals surface area contributed by atoms with Crippen molar-refractivity contribution in [2.45, 2.75) is 20.8 Å². The van der Waals surface area contributed by atoms with Gasteiger partial charge >= 0.3 is 0 Å². The van der Waals surface area contributed by atoms with E-state index >= 15 is 0 Å². The Labute approximate surface area is 146 Å². The highest BCUT2D eigenvalue weighted by atomic mass is 35.5. The third kappa shape index (κ3) is 4.80. The van der Waals surface area contributed by atoms with Gasteiger partial charge in [-0.1, -0.05) is 31.5 Å². The van der Waals surface area contributed by atoms with Crippen molar-refractivity contribution in [2.75, 3.05) is 11.9 Å². The van der Waals surface area contributed by atoms with Gasteiger partial charge in [-0.2, -0.15) is 0 Å². The number of hydrogen-bond acceptors (Lipinski definition) is 3. The number of carbonyl (C=O) groups is 2. The molecule has 0 saturated carbocycles. The number of nitrogens with one attached hydrogen (secondary N) is 2. The van der Waals surface area contributed by atoms with E-state index in [0.29, 0.717) is 23.2 Å². The Morgan fingerprint density at radius 3 is 2.42 bits per heavy atom. The summed E-state index contributed by atoms with van der Waals surface area (Å²) in [5.41, 5.74) is 1.90. The van der Waals surface area contributed by atoms with Crippen molar-refractivity contribution >= 4 is 29.1 Å². The standard InChI is InChI=1S/C18H20ClN3O2/c1-11(2)10-20-17(23)15-5-4-6-16(21-15)18(24)22-14-8-7-13(19)9-12(14)3/h4-9,11H,10H2,1-3H3,(H,20,23)(H,22,24). The number of pyridine rings is 1. The fourth-order valence-electron chi connectivity index (χ4n) is 2.03. The molecule has 0 fully saturated rings. The monoisotopic (exact) mass is 345 g/mol. The van der Waals surface area contributed by atoms with Gasteiger partial charge in [0.2, 0.25) is 0 Å². The number of anilines is 1. The number of nitrogens with zero attached hydrogens (tertiary/aromatic N) is 1. The first-order valence-corrected chi connectivity index (χ1v) is 8.07. The molecule has 0 radical (unpaired) electrons. The van der Waals surface area contributed by atoms with Crippen LogP contribution in [0, 0.1) is 12.8 Å². The second kappa shape index (κ2) is 7.93. The lowest BCUT2D eigenvalue weighted by atomic mass is 10.2. The molecule has 0 bridgehead atoms. The molecule has 126 valence electrons. The molecule has 0 atom stereocenters. The van der Waals surface area contributed by atoms with Crippen molar-refractivity contribution < 1.29 is 9.59 Å². The van der Waals surface area contributed by atoms with Gasteiger partial charge in [0.05, 0.1) is 0 Å². The van der Waals surface area contributed by atoms with Crippen molar-refractivity contribution in [1.29, 1.82) is 0 Å². The summed E-state index contributed by atoms with van der Waals surface area (Å²) in [6.45, 7) is 6.42. The first-order valence-electron chi connectivity index (χ1n) is 7.69. The Morgan fingerprint density at radius 1 is 1.12 bits per heavy atom. The van der Waals surface area contributed by atoms with E-state index in [2.05, 4.69) is 15.6 Å². The number of amides is 2. The maximum absolute atomic E-state index is 12.4. The largest absolute Gasteiger partial charge is 0.350 e. The average Bonchev–Trinajstić information content (AvgIpc) is 2.55. The van der Waals surface area contributed by atoms with Crippen LogP contribution in [0.25, 0.3) is 0 Å². The van der Waals surface area contributed by atoms with Crippen LogP contribution in [0.3, 0.4) is 0 Å². The van der Waals surface area contributed by atoms with Gasteiger partial charge in [-0.05, 0) is 48.7 Å². The lowest BCUT2D eigenvalue weighted by molar-refractivity contribution is 0.0944. The van der Waals surface area contributed by atoms with Crippen LogP contribution >= 0.6 is 11.6 Å². The molecule has 2 aromatic rings. The Kier molecular flexibility index (Phi) is 5.93. The molecule has 2 rings (SSSR count). The van der Waals surface area contributed by atoms with Crippen molar-refractivity contribution in [3.8, 4) is 0 Å². The van der Waals surface area contributed by atoms with E-state index in [1.54, 1.807) is 36.4 Å². The highest BCUT2D eigenvalue weighted by Crippen LogP contribution is 2.20. The molecule has 1 heterocycles. The van der Waals surface area contributed by atoms with Crippen molar-refractivity contribution in [3.63, 3.8) is 0 Å². The molecule has 1 aromatic carbocycles. The minimum Gasteiger partial charge on any atom is -0.350 e. The van der Waals surface area contributed by atoms with Crippen LogP contribution in [-0.4, -0.2) is 23.3 Å². The van der Waals surface area contributed by atoms with Crippen LogP contribution in [0.15, 0.2) is 36.4 Å². The van der Waals surface area contributed by atoms with Gasteiger partial charge in [-0.3, -0.25) is 9.59 Å². The number of rotatable bonds is 5. The number of aryl methyl sites for hydroxylation is 1. The summed E-state index contributed by atoms with van der Waals surface area (Å²) < 4.78 is 0. The maximum atomic E-state index is 12.4. The van der Waals surface area contributed by atoms with E-state index in [9.17, 15) is 9.59 Å². The number of halogens is 1. The summed E-state index contributed by atoms with van der Waals surface area (Å²) >= 11 is 5.91. The highest BCUT2D eigenvalue weighted by molar-refractivity contribution is 6.30. The van der Waals surface area contributed by atoms with Gasteiger partial charge < -0.3 is 10.6 Å². The lowest BCUT2D eigenvalue weighted by Gasteiger charge is -2.10. The number of hydrogen-bond donors (Lipinski definition) is 2. The molecule has 0 aliphatic rings. The average molecular weight is 346 g/mol. The van der Waals surface area contributed by atoms with Crippen molar-refractivity contribution in [2.24, 2.45) is 5.92 Å². The minimum absolute atomic E-state index is 0.182. The third-order valence-corrected chi connectivity index (χ3v) is 3.56. The second-order valence-corrected chi connectivity index (χ2v) is 6.36. The Balaban J connectivity index is 2.12. The van der Waals surface area contributed by atoms with E-state index in [4.69, 9.17) is 11.6 Å². The van der Waals surface area contributed by atoms with E-state index in [-0.39, 0.29) is 23.2 Å². The molecular formula is C18H20ClN3O2. The molecule has 6 heteroatoms. The molecule has 2 N–H and O–H groups in total. The number of aromatic nitrogens is 1. The number of carbonyl (C=O) groups excluding carboxylic acids is 2. The quantitative estimate of drug-likeness (QED) is 0.868. The van der Waals surface area contributed by atoms with Crippen LogP contribution in [-0.2, 0) is 0 Å². The SMILES string of the molecule is Cc1cc(Cl)ccc1NC(=O)c1cccc(C(=O)NCC(C)C)n1. The van der Waals surface area contributed by atoms with E-state index in [0.717, 1.165) is 5.56 Å². The minimum atomic E-state index is -0.376. The van der Waals surface area contributed by atoms with Crippen LogP contribution < -0.4 is 10.6 Å². The first kappa shape index (κ1) is 17.9. The zero-order valence-electron chi connectivity index (χ0n) is 13.9. The normalized spacial score (nSPS) is 10.5. The fourth-order valence-corrected chi connectivity index (χ4v) is 2.26. The Hall–Kier alpha value is -2.40. The molecule has 5 nitrogen and oxygen atoms in total. The first-order chi connectivity index (χ1) is 11.4. The highest BCUT2D eigenvalue weighted by Gasteiger charge is 2.13. The fraction of sp³-hybridized carbons (Fsp3) is 0.278.